The van der Waals surface area contributed by atoms with E-state index in [1.807, 2.05) is 34.6 Å². The number of thioether (sulfide) groups is 1. The molecule has 1 aromatic rings. The Hall–Kier alpha value is -1.54. The lowest BCUT2D eigenvalue weighted by Crippen LogP contribution is -2.68. The third-order valence-corrected chi connectivity index (χ3v) is 8.00. The third-order valence-electron chi connectivity index (χ3n) is 7.06. The first-order chi connectivity index (χ1) is 14.1. The largest absolute Gasteiger partial charge is 0.361 e. The van der Waals surface area contributed by atoms with Crippen LogP contribution in [-0.4, -0.2) is 81.4 Å². The average molecular weight is 419 g/mol. The molecular formula is C21H30N4O3S. The Bertz CT molecular complexity index is 778. The van der Waals surface area contributed by atoms with E-state index in [0.717, 1.165) is 74.9 Å². The van der Waals surface area contributed by atoms with Gasteiger partial charge in [-0.1, -0.05) is 5.16 Å². The first-order valence-electron chi connectivity index (χ1n) is 10.9. The highest BCUT2D eigenvalue weighted by Crippen LogP contribution is 2.42. The van der Waals surface area contributed by atoms with Crippen LogP contribution in [-0.2, 0) is 16.1 Å². The molecule has 5 rings (SSSR count). The van der Waals surface area contributed by atoms with Gasteiger partial charge in [0.05, 0.1) is 5.69 Å². The van der Waals surface area contributed by atoms with Crippen LogP contribution >= 0.6 is 11.8 Å². The first-order valence-corrected chi connectivity index (χ1v) is 12.1. The summed E-state index contributed by atoms with van der Waals surface area (Å²) >= 11 is 1.91. The Labute approximate surface area is 176 Å². The number of piperidine rings is 3. The van der Waals surface area contributed by atoms with Crippen molar-refractivity contribution in [2.45, 2.75) is 51.2 Å². The fourth-order valence-corrected chi connectivity index (χ4v) is 6.80. The van der Waals surface area contributed by atoms with E-state index >= 15 is 0 Å². The molecule has 5 heterocycles. The van der Waals surface area contributed by atoms with Crippen molar-refractivity contribution >= 4 is 23.6 Å². The van der Waals surface area contributed by atoms with Crippen molar-refractivity contribution in [3.63, 3.8) is 0 Å². The van der Waals surface area contributed by atoms with Gasteiger partial charge in [0.25, 0.3) is 0 Å². The number of rotatable bonds is 3. The predicted molar refractivity (Wildman–Crippen MR) is 110 cm³/mol. The van der Waals surface area contributed by atoms with Gasteiger partial charge in [-0.15, -0.1) is 0 Å². The van der Waals surface area contributed by atoms with Crippen LogP contribution in [0.2, 0.25) is 0 Å². The van der Waals surface area contributed by atoms with Gasteiger partial charge in [-0.2, -0.15) is 11.8 Å². The molecule has 1 aromatic heterocycles. The molecule has 4 saturated heterocycles. The molecule has 29 heavy (non-hydrogen) atoms. The van der Waals surface area contributed by atoms with Crippen molar-refractivity contribution in [2.75, 3.05) is 37.7 Å². The molecule has 0 radical (unpaired) electrons. The molecule has 4 aliphatic rings. The SMILES string of the molecule is Cc1cc(CN2C[C@@H]3C[C@H](C2)[C@H](C(=O)N2CCSCC2)N2C(=O)CCC[C@@H]32)no1. The zero-order valence-corrected chi connectivity index (χ0v) is 17.9. The number of nitrogens with zero attached hydrogens (tertiary/aromatic N) is 4. The Balaban J connectivity index is 1.40. The van der Waals surface area contributed by atoms with Crippen molar-refractivity contribution in [3.05, 3.63) is 17.5 Å². The molecular weight excluding hydrogens is 388 g/mol. The standard InChI is InChI=1S/C21H30N4O3S/c1-14-9-17(22-28-14)13-23-11-15-10-16(12-23)20(21(27)24-5-7-29-8-6-24)25-18(15)3-2-4-19(25)26/h9,15-16,18,20H,2-8,10-13H2,1H3/t15-,16+,18-,20+/m0/s1. The third kappa shape index (κ3) is 3.69. The second-order valence-electron chi connectivity index (χ2n) is 9.02. The maximum absolute atomic E-state index is 13.6. The smallest absolute Gasteiger partial charge is 0.245 e. The maximum Gasteiger partial charge on any atom is 0.245 e. The Morgan fingerprint density at radius 2 is 2.07 bits per heavy atom. The van der Waals surface area contributed by atoms with Crippen LogP contribution in [0.25, 0.3) is 0 Å². The van der Waals surface area contributed by atoms with Gasteiger partial charge in [-0.05, 0) is 32.1 Å². The van der Waals surface area contributed by atoms with Crippen LogP contribution in [0.3, 0.4) is 0 Å². The fourth-order valence-electron chi connectivity index (χ4n) is 5.89. The van der Waals surface area contributed by atoms with Gasteiger partial charge < -0.3 is 14.3 Å². The highest BCUT2D eigenvalue weighted by atomic mass is 32.2. The summed E-state index contributed by atoms with van der Waals surface area (Å²) in [6.45, 7) is 6.11. The summed E-state index contributed by atoms with van der Waals surface area (Å²) in [5, 5.41) is 4.17. The zero-order valence-electron chi connectivity index (χ0n) is 17.1. The molecule has 0 saturated carbocycles. The van der Waals surface area contributed by atoms with Crippen molar-refractivity contribution in [3.8, 4) is 0 Å². The summed E-state index contributed by atoms with van der Waals surface area (Å²) in [7, 11) is 0. The summed E-state index contributed by atoms with van der Waals surface area (Å²) < 4.78 is 5.25. The molecule has 0 unspecified atom stereocenters. The van der Waals surface area contributed by atoms with Crippen LogP contribution in [0.15, 0.2) is 10.6 Å². The molecule has 2 bridgehead atoms. The van der Waals surface area contributed by atoms with E-state index in [9.17, 15) is 9.59 Å². The number of hydrogen-bond acceptors (Lipinski definition) is 6. The number of fused-ring (bicyclic) bond motifs is 4. The minimum absolute atomic E-state index is 0.188. The van der Waals surface area contributed by atoms with E-state index in [1.165, 1.54) is 0 Å². The average Bonchev–Trinajstić information content (AvgIpc) is 3.13. The van der Waals surface area contributed by atoms with Crippen LogP contribution in [0, 0.1) is 18.8 Å². The van der Waals surface area contributed by atoms with Crippen molar-refractivity contribution in [1.82, 2.24) is 19.9 Å². The first kappa shape index (κ1) is 19.4. The summed E-state index contributed by atoms with van der Waals surface area (Å²) in [5.74, 6) is 3.88. The minimum Gasteiger partial charge on any atom is -0.361 e. The van der Waals surface area contributed by atoms with Gasteiger partial charge >= 0.3 is 0 Å². The number of aromatic nitrogens is 1. The minimum atomic E-state index is -0.283. The summed E-state index contributed by atoms with van der Waals surface area (Å²) in [6, 6.07) is 1.92. The van der Waals surface area contributed by atoms with Gasteiger partial charge in [-0.3, -0.25) is 14.5 Å². The number of hydrogen-bond donors (Lipinski definition) is 0. The number of amides is 2. The molecule has 2 amide bonds. The number of carbonyl (C=O) groups excluding carboxylic acids is 2. The van der Waals surface area contributed by atoms with Crippen LogP contribution < -0.4 is 0 Å². The van der Waals surface area contributed by atoms with E-state index in [2.05, 4.69) is 10.1 Å². The van der Waals surface area contributed by atoms with E-state index in [1.54, 1.807) is 0 Å². The van der Waals surface area contributed by atoms with Crippen LogP contribution in [0.4, 0.5) is 0 Å². The van der Waals surface area contributed by atoms with Gasteiger partial charge in [0.2, 0.25) is 11.8 Å². The molecule has 4 fully saturated rings. The summed E-state index contributed by atoms with van der Waals surface area (Å²) in [4.78, 5) is 33.0. The molecule has 0 aliphatic carbocycles. The van der Waals surface area contributed by atoms with Crippen LogP contribution in [0.5, 0.6) is 0 Å². The van der Waals surface area contributed by atoms with Crippen molar-refractivity contribution in [2.24, 2.45) is 11.8 Å². The summed E-state index contributed by atoms with van der Waals surface area (Å²) in [5.41, 5.74) is 0.954. The van der Waals surface area contributed by atoms with Crippen LogP contribution in [0.1, 0.15) is 37.1 Å². The second kappa shape index (κ2) is 7.95. The molecule has 4 atom stereocenters. The number of aryl methyl sites for hydroxylation is 1. The Morgan fingerprint density at radius 3 is 2.83 bits per heavy atom. The summed E-state index contributed by atoms with van der Waals surface area (Å²) in [6.07, 6.45) is 3.63. The van der Waals surface area contributed by atoms with Crippen molar-refractivity contribution < 1.29 is 14.1 Å². The highest BCUT2D eigenvalue weighted by molar-refractivity contribution is 7.99. The lowest BCUT2D eigenvalue weighted by Gasteiger charge is -2.56. The molecule has 0 spiro atoms. The molecule has 0 aromatic carbocycles. The molecule has 158 valence electrons. The topological polar surface area (TPSA) is 69.9 Å². The Kier molecular flexibility index (Phi) is 5.32. The molecule has 4 aliphatic heterocycles. The molecule has 0 N–H and O–H groups in total. The van der Waals surface area contributed by atoms with Gasteiger partial charge in [0, 0.05) is 68.7 Å². The van der Waals surface area contributed by atoms with Crippen molar-refractivity contribution in [1.29, 1.82) is 0 Å². The second-order valence-corrected chi connectivity index (χ2v) is 10.2. The van der Waals surface area contributed by atoms with Gasteiger partial charge in [-0.25, -0.2) is 0 Å². The van der Waals surface area contributed by atoms with E-state index < -0.39 is 0 Å². The van der Waals surface area contributed by atoms with E-state index in [-0.39, 0.29) is 29.8 Å². The molecule has 7 nitrogen and oxygen atoms in total. The van der Waals surface area contributed by atoms with E-state index in [4.69, 9.17) is 4.52 Å². The quantitative estimate of drug-likeness (QED) is 0.745. The number of likely N-dealkylation sites (tertiary alicyclic amines) is 1. The van der Waals surface area contributed by atoms with Gasteiger partial charge in [0.1, 0.15) is 11.8 Å². The van der Waals surface area contributed by atoms with E-state index in [0.29, 0.717) is 12.3 Å². The maximum atomic E-state index is 13.6. The highest BCUT2D eigenvalue weighted by Gasteiger charge is 2.52. The fraction of sp³-hybridized carbons (Fsp3) is 0.762. The monoisotopic (exact) mass is 418 g/mol. The Morgan fingerprint density at radius 1 is 1.28 bits per heavy atom. The lowest BCUT2D eigenvalue weighted by molar-refractivity contribution is -0.165. The molecule has 8 heteroatoms. The predicted octanol–water partition coefficient (Wildman–Crippen LogP) is 1.76. The van der Waals surface area contributed by atoms with Gasteiger partial charge in [0.15, 0.2) is 0 Å². The lowest BCUT2D eigenvalue weighted by atomic mass is 9.71. The normalized spacial score (nSPS) is 32.9. The number of carbonyl (C=O) groups is 2. The zero-order chi connectivity index (χ0) is 20.0.